The van der Waals surface area contributed by atoms with Gasteiger partial charge in [-0.2, -0.15) is 0 Å². The number of para-hydroxylation sites is 1. The summed E-state index contributed by atoms with van der Waals surface area (Å²) in [6.45, 7) is 3.80. The Morgan fingerprint density at radius 3 is 2.63 bits per heavy atom. The molecule has 1 atom stereocenters. The van der Waals surface area contributed by atoms with Crippen molar-refractivity contribution in [3.05, 3.63) is 92.8 Å². The zero-order chi connectivity index (χ0) is 25.1. The topological polar surface area (TPSA) is 98.2 Å². The molecule has 3 aromatic rings. The molecule has 2 heterocycles. The van der Waals surface area contributed by atoms with Gasteiger partial charge in [0.1, 0.15) is 17.6 Å². The molecular weight excluding hydrogens is 490 g/mol. The number of carbonyl (C=O) groups excluding carboxylic acids is 1. The predicted octanol–water partition coefficient (Wildman–Crippen LogP) is 6.63. The van der Waals surface area contributed by atoms with Gasteiger partial charge in [0.15, 0.2) is 5.17 Å². The van der Waals surface area contributed by atoms with Crippen LogP contribution in [-0.2, 0) is 9.53 Å². The van der Waals surface area contributed by atoms with Crippen LogP contribution in [0.3, 0.4) is 0 Å². The number of anilines is 1. The summed E-state index contributed by atoms with van der Waals surface area (Å²) in [4.78, 5) is 30.6. The minimum absolute atomic E-state index is 0.107. The van der Waals surface area contributed by atoms with Gasteiger partial charge in [-0.15, -0.1) is 0 Å². The second kappa shape index (κ2) is 10.4. The number of hydrogen-bond donors (Lipinski definition) is 0. The third-order valence-corrected chi connectivity index (χ3v) is 6.43. The molecule has 0 saturated carbocycles. The molecule has 180 valence electrons. The maximum Gasteiger partial charge on any atom is 0.338 e. The highest BCUT2D eigenvalue weighted by atomic mass is 35.5. The molecule has 0 aliphatic carbocycles. The van der Waals surface area contributed by atoms with Crippen LogP contribution in [0.5, 0.6) is 0 Å². The Labute approximate surface area is 211 Å². The average molecular weight is 512 g/mol. The molecular formula is C25H22ClN3O5S. The van der Waals surface area contributed by atoms with Crippen molar-refractivity contribution >= 4 is 45.9 Å². The lowest BCUT2D eigenvalue weighted by molar-refractivity contribution is -0.384. The largest absolute Gasteiger partial charge is 0.463 e. The van der Waals surface area contributed by atoms with E-state index in [0.717, 1.165) is 5.69 Å². The highest BCUT2D eigenvalue weighted by Crippen LogP contribution is 2.41. The summed E-state index contributed by atoms with van der Waals surface area (Å²) in [5.41, 5.74) is 2.15. The second-order valence-corrected chi connectivity index (χ2v) is 8.71. The molecule has 1 aliphatic heterocycles. The Balaban J connectivity index is 1.82. The van der Waals surface area contributed by atoms with Crippen molar-refractivity contribution in [3.8, 4) is 11.3 Å². The van der Waals surface area contributed by atoms with Gasteiger partial charge < -0.3 is 9.15 Å². The lowest BCUT2D eigenvalue weighted by Crippen LogP contribution is -2.35. The molecule has 35 heavy (non-hydrogen) atoms. The van der Waals surface area contributed by atoms with Crippen LogP contribution >= 0.6 is 23.4 Å². The van der Waals surface area contributed by atoms with Crippen LogP contribution in [0.1, 0.15) is 25.6 Å². The fourth-order valence-corrected chi connectivity index (χ4v) is 4.70. The van der Waals surface area contributed by atoms with E-state index in [1.807, 2.05) is 48.4 Å². The third-order valence-electron chi connectivity index (χ3n) is 5.44. The lowest BCUT2D eigenvalue weighted by atomic mass is 10.0. The highest BCUT2D eigenvalue weighted by Gasteiger charge is 2.36. The van der Waals surface area contributed by atoms with E-state index < -0.39 is 16.9 Å². The van der Waals surface area contributed by atoms with Crippen LogP contribution in [0.15, 0.2) is 81.3 Å². The third kappa shape index (κ3) is 4.82. The smallest absolute Gasteiger partial charge is 0.338 e. The van der Waals surface area contributed by atoms with Gasteiger partial charge in [-0.25, -0.2) is 9.79 Å². The van der Waals surface area contributed by atoms with Gasteiger partial charge in [-0.1, -0.05) is 41.6 Å². The Kier molecular flexibility index (Phi) is 7.28. The molecule has 4 rings (SSSR count). The summed E-state index contributed by atoms with van der Waals surface area (Å²) >= 11 is 7.74. The van der Waals surface area contributed by atoms with E-state index in [9.17, 15) is 14.9 Å². The molecule has 0 unspecified atom stereocenters. The molecule has 0 bridgehead atoms. The minimum atomic E-state index is -0.761. The maximum atomic E-state index is 13.1. The standard InChI is InChI=1S/C25H22ClN3O5S/c1-4-33-24(30)22-15(2)28(16-8-6-5-7-9-16)25(35-3)27-23(22)21-13-12-20(34-21)18-14-17(29(31)32)10-11-19(18)26/h5-14,23H,4H2,1-3H3/t23-/m0/s1. The maximum absolute atomic E-state index is 13.1. The zero-order valence-electron chi connectivity index (χ0n) is 19.2. The van der Waals surface area contributed by atoms with Crippen molar-refractivity contribution in [2.75, 3.05) is 17.8 Å². The molecule has 1 aromatic heterocycles. The number of nitro benzene ring substituents is 1. The van der Waals surface area contributed by atoms with E-state index >= 15 is 0 Å². The number of carbonyl (C=O) groups is 1. The fraction of sp³-hybridized carbons (Fsp3) is 0.200. The monoisotopic (exact) mass is 511 g/mol. The summed E-state index contributed by atoms with van der Waals surface area (Å²) in [6.07, 6.45) is 1.91. The number of nitrogens with zero attached hydrogens (tertiary/aromatic N) is 3. The molecule has 8 nitrogen and oxygen atoms in total. The zero-order valence-corrected chi connectivity index (χ0v) is 20.8. The minimum Gasteiger partial charge on any atom is -0.463 e. The van der Waals surface area contributed by atoms with Gasteiger partial charge in [-0.3, -0.25) is 15.0 Å². The van der Waals surface area contributed by atoms with Crippen molar-refractivity contribution in [3.63, 3.8) is 0 Å². The van der Waals surface area contributed by atoms with Crippen molar-refractivity contribution in [2.24, 2.45) is 4.99 Å². The lowest BCUT2D eigenvalue weighted by Gasteiger charge is -2.33. The Bertz CT molecular complexity index is 1340. The molecule has 0 fully saturated rings. The van der Waals surface area contributed by atoms with Gasteiger partial charge >= 0.3 is 5.97 Å². The van der Waals surface area contributed by atoms with Crippen LogP contribution < -0.4 is 4.90 Å². The summed E-state index contributed by atoms with van der Waals surface area (Å²) in [5, 5.41) is 12.2. The number of benzene rings is 2. The number of furan rings is 1. The summed E-state index contributed by atoms with van der Waals surface area (Å²) in [7, 11) is 0. The number of halogens is 1. The number of ether oxygens (including phenoxy) is 1. The number of amidine groups is 1. The fourth-order valence-electron chi connectivity index (χ4n) is 3.85. The van der Waals surface area contributed by atoms with E-state index in [1.54, 1.807) is 19.1 Å². The van der Waals surface area contributed by atoms with Gasteiger partial charge in [0.25, 0.3) is 5.69 Å². The number of nitro groups is 1. The Morgan fingerprint density at radius 2 is 1.97 bits per heavy atom. The summed E-state index contributed by atoms with van der Waals surface area (Å²) in [6, 6.07) is 16.4. The van der Waals surface area contributed by atoms with E-state index in [2.05, 4.69) is 0 Å². The normalized spacial score (nSPS) is 15.7. The van der Waals surface area contributed by atoms with Crippen LogP contribution in [0.25, 0.3) is 11.3 Å². The van der Waals surface area contributed by atoms with E-state index in [4.69, 9.17) is 25.7 Å². The van der Waals surface area contributed by atoms with E-state index in [1.165, 1.54) is 30.0 Å². The van der Waals surface area contributed by atoms with Gasteiger partial charge in [0, 0.05) is 29.1 Å². The number of esters is 1. The van der Waals surface area contributed by atoms with Crippen molar-refractivity contribution in [1.29, 1.82) is 0 Å². The van der Waals surface area contributed by atoms with Crippen molar-refractivity contribution in [1.82, 2.24) is 0 Å². The van der Waals surface area contributed by atoms with Gasteiger partial charge in [0.2, 0.25) is 0 Å². The Hall–Kier alpha value is -3.56. The SMILES string of the molecule is CCOC(=O)C1=C(C)N(c2ccccc2)C(SC)=N[C@H]1c1ccc(-c2cc([N+](=O)[O-])ccc2Cl)o1. The summed E-state index contributed by atoms with van der Waals surface area (Å²) < 4.78 is 11.5. The number of hydrogen-bond acceptors (Lipinski definition) is 8. The molecule has 2 aromatic carbocycles. The number of rotatable bonds is 6. The molecule has 0 amide bonds. The van der Waals surface area contributed by atoms with Crippen LogP contribution in [0, 0.1) is 10.1 Å². The van der Waals surface area contributed by atoms with Crippen LogP contribution in [0.4, 0.5) is 11.4 Å². The van der Waals surface area contributed by atoms with Crippen LogP contribution in [-0.4, -0.2) is 28.9 Å². The van der Waals surface area contributed by atoms with E-state index in [0.29, 0.717) is 38.5 Å². The molecule has 0 saturated heterocycles. The predicted molar refractivity (Wildman–Crippen MR) is 138 cm³/mol. The number of non-ortho nitro benzene ring substituents is 1. The second-order valence-electron chi connectivity index (χ2n) is 7.53. The number of thioether (sulfide) groups is 1. The molecule has 10 heteroatoms. The van der Waals surface area contributed by atoms with Gasteiger partial charge in [0.05, 0.1) is 22.1 Å². The Morgan fingerprint density at radius 1 is 1.23 bits per heavy atom. The summed E-state index contributed by atoms with van der Waals surface area (Å²) in [5.74, 6) is 0.233. The molecule has 0 N–H and O–H groups in total. The van der Waals surface area contributed by atoms with Crippen LogP contribution in [0.2, 0.25) is 5.02 Å². The average Bonchev–Trinajstić information content (AvgIpc) is 3.34. The first-order valence-corrected chi connectivity index (χ1v) is 12.3. The number of allylic oxidation sites excluding steroid dienone is 1. The highest BCUT2D eigenvalue weighted by molar-refractivity contribution is 8.13. The first kappa shape index (κ1) is 24.6. The van der Waals surface area contributed by atoms with Gasteiger partial charge in [-0.05, 0) is 50.4 Å². The molecule has 0 radical (unpaired) electrons. The number of aliphatic imine (C=N–C) groups is 1. The molecule has 0 spiro atoms. The molecule has 1 aliphatic rings. The quantitative estimate of drug-likeness (QED) is 0.208. The van der Waals surface area contributed by atoms with E-state index in [-0.39, 0.29) is 12.3 Å². The first-order chi connectivity index (χ1) is 16.8. The van der Waals surface area contributed by atoms with Crippen molar-refractivity contribution < 1.29 is 18.9 Å². The first-order valence-electron chi connectivity index (χ1n) is 10.7. The van der Waals surface area contributed by atoms with Crippen molar-refractivity contribution in [2.45, 2.75) is 19.9 Å².